The predicted molar refractivity (Wildman–Crippen MR) is 90.0 cm³/mol. The van der Waals surface area contributed by atoms with Gasteiger partial charge in [0.05, 0.1) is 0 Å². The van der Waals surface area contributed by atoms with Crippen molar-refractivity contribution < 1.29 is 8.42 Å². The van der Waals surface area contributed by atoms with E-state index in [1.165, 1.54) is 6.26 Å². The van der Waals surface area contributed by atoms with E-state index in [-0.39, 0.29) is 6.04 Å². The molecule has 0 radical (unpaired) electrons. The molecule has 0 aromatic heterocycles. The van der Waals surface area contributed by atoms with Gasteiger partial charge in [-0.25, -0.2) is 8.42 Å². The average molecular weight is 379 g/mol. The van der Waals surface area contributed by atoms with Crippen molar-refractivity contribution in [1.82, 2.24) is 0 Å². The van der Waals surface area contributed by atoms with E-state index in [1.54, 1.807) is 11.8 Å². The van der Waals surface area contributed by atoms with Gasteiger partial charge in [0.15, 0.2) is 9.84 Å². The Morgan fingerprint density at radius 1 is 1.50 bits per heavy atom. The minimum Gasteiger partial charge on any atom is -0.353 e. The van der Waals surface area contributed by atoms with Crippen LogP contribution in [0.4, 0.5) is 5.69 Å². The highest BCUT2D eigenvalue weighted by molar-refractivity contribution is 9.10. The van der Waals surface area contributed by atoms with E-state index in [0.717, 1.165) is 28.0 Å². The van der Waals surface area contributed by atoms with Crippen LogP contribution in [0.3, 0.4) is 0 Å². The smallest absolute Gasteiger partial charge is 0.169 e. The van der Waals surface area contributed by atoms with Gasteiger partial charge in [-0.15, -0.1) is 0 Å². The highest BCUT2D eigenvalue weighted by atomic mass is 79.9. The Bertz CT molecular complexity index is 590. The van der Waals surface area contributed by atoms with Gasteiger partial charge in [0.2, 0.25) is 0 Å². The molecule has 1 fully saturated rings. The normalized spacial score (nSPS) is 21.8. The lowest BCUT2D eigenvalue weighted by Crippen LogP contribution is -2.47. The van der Waals surface area contributed by atoms with E-state index in [2.05, 4.69) is 15.9 Å². The lowest BCUT2D eigenvalue weighted by molar-refractivity contribution is 0.584. The molecule has 1 aliphatic rings. The van der Waals surface area contributed by atoms with E-state index in [4.69, 9.17) is 5.73 Å². The number of anilines is 1. The summed E-state index contributed by atoms with van der Waals surface area (Å²) in [7, 11) is -3.12. The van der Waals surface area contributed by atoms with Gasteiger partial charge in [-0.1, -0.05) is 15.9 Å². The summed E-state index contributed by atoms with van der Waals surface area (Å²) >= 11 is 5.13. The molecule has 0 aliphatic carbocycles. The maximum Gasteiger partial charge on any atom is 0.169 e. The van der Waals surface area contributed by atoms with Gasteiger partial charge in [0.25, 0.3) is 0 Å². The summed E-state index contributed by atoms with van der Waals surface area (Å²) in [5, 5.41) is -0.472. The lowest BCUT2D eigenvalue weighted by atomic mass is 10.1. The highest BCUT2D eigenvalue weighted by Gasteiger charge is 2.32. The molecule has 1 saturated heterocycles. The Morgan fingerprint density at radius 3 is 2.80 bits per heavy atom. The largest absolute Gasteiger partial charge is 0.353 e. The first kappa shape index (κ1) is 16.1. The second-order valence-corrected chi connectivity index (χ2v) is 9.31. The maximum atomic E-state index is 12.0. The second-order valence-electron chi connectivity index (χ2n) is 5.04. The molecule has 20 heavy (non-hydrogen) atoms. The Morgan fingerprint density at radius 2 is 2.20 bits per heavy atom. The number of nitrogens with zero attached hydrogens (tertiary/aromatic N) is 1. The molecule has 7 heteroatoms. The Hall–Kier alpha value is -0.240. The molecule has 1 aromatic carbocycles. The fourth-order valence-corrected chi connectivity index (χ4v) is 5.57. The van der Waals surface area contributed by atoms with Crippen LogP contribution >= 0.6 is 27.7 Å². The minimum absolute atomic E-state index is 0.141. The summed E-state index contributed by atoms with van der Waals surface area (Å²) in [6.07, 6.45) is 1.31. The van der Waals surface area contributed by atoms with Gasteiger partial charge >= 0.3 is 0 Å². The molecule has 1 aromatic rings. The molecular formula is C13H19BrN2O2S2. The summed E-state index contributed by atoms with van der Waals surface area (Å²) in [5.41, 5.74) is 7.94. The number of hydrogen-bond donors (Lipinski definition) is 1. The molecule has 0 spiro atoms. The third-order valence-corrected chi connectivity index (χ3v) is 6.50. The fraction of sp³-hybridized carbons (Fsp3) is 0.538. The van der Waals surface area contributed by atoms with Crippen molar-refractivity contribution in [3.05, 3.63) is 28.2 Å². The monoisotopic (exact) mass is 378 g/mol. The van der Waals surface area contributed by atoms with Crippen molar-refractivity contribution >= 4 is 43.2 Å². The molecule has 2 atom stereocenters. The maximum absolute atomic E-state index is 12.0. The Labute approximate surface area is 133 Å². The van der Waals surface area contributed by atoms with Crippen molar-refractivity contribution in [2.75, 3.05) is 29.2 Å². The van der Waals surface area contributed by atoms with Crippen molar-refractivity contribution in [2.45, 2.75) is 18.3 Å². The summed E-state index contributed by atoms with van der Waals surface area (Å²) in [5.74, 6) is 1.54. The SMILES string of the molecule is CC(N)c1cc(Br)ccc1N1CCSCC1S(C)(=O)=O. The standard InChI is InChI=1S/C13H19BrN2O2S2/c1-9(15)11-7-10(14)3-4-12(11)16-5-6-19-8-13(16)20(2,17)18/h3-4,7,9,13H,5-6,8,15H2,1-2H3. The third kappa shape index (κ3) is 3.50. The first-order valence-electron chi connectivity index (χ1n) is 6.39. The molecule has 0 amide bonds. The van der Waals surface area contributed by atoms with Crippen LogP contribution in [-0.4, -0.2) is 38.1 Å². The number of hydrogen-bond acceptors (Lipinski definition) is 5. The highest BCUT2D eigenvalue weighted by Crippen LogP contribution is 2.33. The quantitative estimate of drug-likeness (QED) is 0.874. The van der Waals surface area contributed by atoms with Crippen LogP contribution < -0.4 is 10.6 Å². The number of benzene rings is 1. The lowest BCUT2D eigenvalue weighted by Gasteiger charge is -2.37. The predicted octanol–water partition coefficient (Wildman–Crippen LogP) is 2.39. The zero-order valence-electron chi connectivity index (χ0n) is 11.5. The van der Waals surface area contributed by atoms with Crippen molar-refractivity contribution in [3.8, 4) is 0 Å². The number of halogens is 1. The van der Waals surface area contributed by atoms with Crippen LogP contribution in [0.25, 0.3) is 0 Å². The van der Waals surface area contributed by atoms with Crippen LogP contribution in [0.1, 0.15) is 18.5 Å². The molecule has 4 nitrogen and oxygen atoms in total. The summed E-state index contributed by atoms with van der Waals surface area (Å²) < 4.78 is 25.0. The fourth-order valence-electron chi connectivity index (χ4n) is 2.36. The van der Waals surface area contributed by atoms with Crippen molar-refractivity contribution in [1.29, 1.82) is 0 Å². The molecule has 2 rings (SSSR count). The van der Waals surface area contributed by atoms with Gasteiger partial charge < -0.3 is 10.6 Å². The molecular weight excluding hydrogens is 360 g/mol. The minimum atomic E-state index is -3.12. The summed E-state index contributed by atoms with van der Waals surface area (Å²) in [6.45, 7) is 2.64. The van der Waals surface area contributed by atoms with E-state index in [1.807, 2.05) is 30.0 Å². The van der Waals surface area contributed by atoms with Crippen LogP contribution in [-0.2, 0) is 9.84 Å². The molecule has 2 unspecified atom stereocenters. The van der Waals surface area contributed by atoms with Crippen molar-refractivity contribution in [3.63, 3.8) is 0 Å². The number of nitrogens with two attached hydrogens (primary N) is 1. The Balaban J connectivity index is 2.48. The number of thioether (sulfide) groups is 1. The Kier molecular flexibility index (Phi) is 5.05. The van der Waals surface area contributed by atoms with E-state index < -0.39 is 15.2 Å². The zero-order valence-corrected chi connectivity index (χ0v) is 14.8. The number of rotatable bonds is 3. The average Bonchev–Trinajstić information content (AvgIpc) is 2.37. The zero-order chi connectivity index (χ0) is 14.9. The van der Waals surface area contributed by atoms with E-state index in [9.17, 15) is 8.42 Å². The van der Waals surface area contributed by atoms with Gasteiger partial charge in [-0.05, 0) is 30.7 Å². The second kappa shape index (κ2) is 6.25. The molecule has 2 N–H and O–H groups in total. The molecule has 1 heterocycles. The van der Waals surface area contributed by atoms with Crippen LogP contribution in [0.15, 0.2) is 22.7 Å². The number of sulfone groups is 1. The van der Waals surface area contributed by atoms with E-state index >= 15 is 0 Å². The summed E-state index contributed by atoms with van der Waals surface area (Å²) in [6, 6.07) is 5.72. The topological polar surface area (TPSA) is 63.4 Å². The van der Waals surface area contributed by atoms with Gasteiger partial charge in [0, 0.05) is 40.5 Å². The van der Waals surface area contributed by atoms with Crippen LogP contribution in [0.5, 0.6) is 0 Å². The van der Waals surface area contributed by atoms with E-state index in [0.29, 0.717) is 5.75 Å². The first-order valence-corrected chi connectivity index (χ1v) is 10.3. The van der Waals surface area contributed by atoms with Gasteiger partial charge in [-0.2, -0.15) is 11.8 Å². The first-order chi connectivity index (χ1) is 9.30. The van der Waals surface area contributed by atoms with Gasteiger partial charge in [-0.3, -0.25) is 0 Å². The van der Waals surface area contributed by atoms with Crippen molar-refractivity contribution in [2.24, 2.45) is 5.73 Å². The molecule has 112 valence electrons. The molecule has 0 saturated carbocycles. The summed E-state index contributed by atoms with van der Waals surface area (Å²) in [4.78, 5) is 1.98. The molecule has 0 bridgehead atoms. The van der Waals surface area contributed by atoms with Crippen LogP contribution in [0, 0.1) is 0 Å². The van der Waals surface area contributed by atoms with Gasteiger partial charge in [0.1, 0.15) is 5.37 Å². The van der Waals surface area contributed by atoms with Crippen LogP contribution in [0.2, 0.25) is 0 Å². The molecule has 1 aliphatic heterocycles. The third-order valence-electron chi connectivity index (χ3n) is 3.37.